The highest BCUT2D eigenvalue weighted by Crippen LogP contribution is 2.25. The number of amides is 2. The molecule has 5 rings (SSSR count). The maximum Gasteiger partial charge on any atom is 0.333 e. The molecule has 9 heteroatoms. The van der Waals surface area contributed by atoms with Gasteiger partial charge in [0.05, 0.1) is 28.0 Å². The Morgan fingerprint density at radius 3 is 2.35 bits per heavy atom. The molecule has 3 aromatic carbocycles. The Labute approximate surface area is 223 Å². The molecule has 0 spiro atoms. The van der Waals surface area contributed by atoms with Crippen LogP contribution in [0.1, 0.15) is 37.7 Å². The summed E-state index contributed by atoms with van der Waals surface area (Å²) in [4.78, 5) is 42.0. The zero-order valence-corrected chi connectivity index (χ0v) is 21.6. The van der Waals surface area contributed by atoms with Crippen LogP contribution in [0.2, 0.25) is 10.0 Å². The smallest absolute Gasteiger partial charge is 0.333 e. The van der Waals surface area contributed by atoms with Crippen molar-refractivity contribution >= 4 is 35.0 Å². The first-order valence-corrected chi connectivity index (χ1v) is 12.6. The van der Waals surface area contributed by atoms with Gasteiger partial charge in [-0.1, -0.05) is 71.2 Å². The van der Waals surface area contributed by atoms with Crippen LogP contribution in [-0.2, 0) is 19.6 Å². The molecule has 1 aliphatic heterocycles. The molecule has 1 N–H and O–H groups in total. The first-order valence-electron chi connectivity index (χ1n) is 11.8. The van der Waals surface area contributed by atoms with Gasteiger partial charge in [0.2, 0.25) is 0 Å². The standard InChI is InChI=1S/C28H24Cl2N4O3/c1-18-7-10-21(11-8-18)34-25(26(35)31-16-19-5-3-2-4-6-19)24-17-32(13-14-33(24)28(34)37)27(36)20-9-12-22(29)23(30)15-20/h2-12,15H,13-14,16-17H2,1H3,(H,31,35). The molecule has 0 saturated carbocycles. The SMILES string of the molecule is Cc1ccc(-n2c(C(=O)NCc3ccccc3)c3n(c2=O)CCN(C(=O)c2ccc(Cl)c(Cl)c2)C3)cc1. The van der Waals surface area contributed by atoms with Crippen molar-refractivity contribution in [3.63, 3.8) is 0 Å². The Morgan fingerprint density at radius 1 is 0.919 bits per heavy atom. The van der Waals surface area contributed by atoms with Crippen molar-refractivity contribution in [2.24, 2.45) is 0 Å². The molecule has 2 amide bonds. The van der Waals surface area contributed by atoms with Crippen LogP contribution in [-0.4, -0.2) is 32.4 Å². The van der Waals surface area contributed by atoms with E-state index in [9.17, 15) is 14.4 Å². The van der Waals surface area contributed by atoms with Gasteiger partial charge < -0.3 is 10.2 Å². The Morgan fingerprint density at radius 2 is 1.65 bits per heavy atom. The normalized spacial score (nSPS) is 12.8. The van der Waals surface area contributed by atoms with Crippen molar-refractivity contribution in [3.8, 4) is 5.69 Å². The van der Waals surface area contributed by atoms with Gasteiger partial charge in [-0.3, -0.25) is 18.7 Å². The van der Waals surface area contributed by atoms with Crippen LogP contribution in [0.25, 0.3) is 5.69 Å². The van der Waals surface area contributed by atoms with Crippen LogP contribution in [0.5, 0.6) is 0 Å². The van der Waals surface area contributed by atoms with Gasteiger partial charge in [-0.05, 0) is 42.8 Å². The van der Waals surface area contributed by atoms with Gasteiger partial charge in [0.1, 0.15) is 5.69 Å². The molecule has 0 aliphatic carbocycles. The predicted octanol–water partition coefficient (Wildman–Crippen LogP) is 4.84. The fourth-order valence-electron chi connectivity index (χ4n) is 4.47. The summed E-state index contributed by atoms with van der Waals surface area (Å²) < 4.78 is 3.01. The van der Waals surface area contributed by atoms with E-state index in [-0.39, 0.29) is 41.3 Å². The second kappa shape index (κ2) is 10.3. The minimum Gasteiger partial charge on any atom is -0.347 e. The van der Waals surface area contributed by atoms with E-state index in [0.717, 1.165) is 11.1 Å². The van der Waals surface area contributed by atoms with Crippen LogP contribution in [0, 0.1) is 6.92 Å². The highest BCUT2D eigenvalue weighted by atomic mass is 35.5. The van der Waals surface area contributed by atoms with E-state index in [1.54, 1.807) is 21.6 Å². The maximum absolute atomic E-state index is 13.6. The number of imidazole rings is 1. The summed E-state index contributed by atoms with van der Waals surface area (Å²) in [6.07, 6.45) is 0. The summed E-state index contributed by atoms with van der Waals surface area (Å²) in [5.74, 6) is -0.643. The Balaban J connectivity index is 1.53. The minimum atomic E-state index is -0.390. The number of hydrogen-bond donors (Lipinski definition) is 1. The lowest BCUT2D eigenvalue weighted by atomic mass is 10.1. The molecular formula is C28H24Cl2N4O3. The van der Waals surface area contributed by atoms with Crippen LogP contribution < -0.4 is 11.0 Å². The number of nitrogens with zero attached hydrogens (tertiary/aromatic N) is 3. The van der Waals surface area contributed by atoms with Crippen LogP contribution in [0.4, 0.5) is 0 Å². The van der Waals surface area contributed by atoms with Gasteiger partial charge in [0, 0.05) is 25.2 Å². The van der Waals surface area contributed by atoms with Gasteiger partial charge in [-0.25, -0.2) is 4.79 Å². The van der Waals surface area contributed by atoms with Gasteiger partial charge in [-0.15, -0.1) is 0 Å². The lowest BCUT2D eigenvalue weighted by Gasteiger charge is -2.28. The number of carbonyl (C=O) groups excluding carboxylic acids is 2. The quantitative estimate of drug-likeness (QED) is 0.398. The van der Waals surface area contributed by atoms with E-state index >= 15 is 0 Å². The summed E-state index contributed by atoms with van der Waals surface area (Å²) in [7, 11) is 0. The van der Waals surface area contributed by atoms with E-state index in [1.165, 1.54) is 10.6 Å². The van der Waals surface area contributed by atoms with Gasteiger partial charge >= 0.3 is 5.69 Å². The van der Waals surface area contributed by atoms with Crippen LogP contribution in [0.3, 0.4) is 0 Å². The monoisotopic (exact) mass is 534 g/mol. The van der Waals surface area contributed by atoms with E-state index in [0.29, 0.717) is 35.1 Å². The largest absolute Gasteiger partial charge is 0.347 e. The number of fused-ring (bicyclic) bond motifs is 1. The fraction of sp³-hybridized carbons (Fsp3) is 0.179. The van der Waals surface area contributed by atoms with E-state index in [4.69, 9.17) is 23.2 Å². The lowest BCUT2D eigenvalue weighted by Crippen LogP contribution is -2.41. The third kappa shape index (κ3) is 4.92. The number of aryl methyl sites for hydroxylation is 1. The van der Waals surface area contributed by atoms with Crippen molar-refractivity contribution in [2.45, 2.75) is 26.6 Å². The van der Waals surface area contributed by atoms with Crippen LogP contribution >= 0.6 is 23.2 Å². The topological polar surface area (TPSA) is 76.3 Å². The maximum atomic E-state index is 13.6. The summed E-state index contributed by atoms with van der Waals surface area (Å²) in [6, 6.07) is 21.7. The first kappa shape index (κ1) is 24.9. The molecule has 0 saturated heterocycles. The molecule has 0 bridgehead atoms. The molecule has 4 aromatic rings. The lowest BCUT2D eigenvalue weighted by molar-refractivity contribution is 0.0706. The van der Waals surface area contributed by atoms with Crippen molar-refractivity contribution < 1.29 is 9.59 Å². The number of hydrogen-bond acceptors (Lipinski definition) is 3. The van der Waals surface area contributed by atoms with Crippen LogP contribution in [0.15, 0.2) is 77.6 Å². The number of benzene rings is 3. The average Bonchev–Trinajstić information content (AvgIpc) is 3.21. The predicted molar refractivity (Wildman–Crippen MR) is 144 cm³/mol. The molecular weight excluding hydrogens is 511 g/mol. The van der Waals surface area contributed by atoms with Crippen molar-refractivity contribution in [3.05, 3.63) is 121 Å². The molecule has 0 unspecified atom stereocenters. The van der Waals surface area contributed by atoms with Gasteiger partial charge in [0.25, 0.3) is 11.8 Å². The third-order valence-corrected chi connectivity index (χ3v) is 7.18. The molecule has 0 radical (unpaired) electrons. The Kier molecular flexibility index (Phi) is 6.91. The molecule has 188 valence electrons. The number of carbonyl (C=O) groups is 2. The molecule has 0 atom stereocenters. The van der Waals surface area contributed by atoms with Crippen molar-refractivity contribution in [1.29, 1.82) is 0 Å². The molecule has 0 fully saturated rings. The number of nitrogens with one attached hydrogen (secondary N) is 1. The molecule has 2 heterocycles. The van der Waals surface area contributed by atoms with Crippen molar-refractivity contribution in [1.82, 2.24) is 19.4 Å². The number of rotatable bonds is 5. The summed E-state index contributed by atoms with van der Waals surface area (Å²) >= 11 is 12.1. The number of halogens is 2. The minimum absolute atomic E-state index is 0.0985. The zero-order valence-electron chi connectivity index (χ0n) is 20.1. The highest BCUT2D eigenvalue weighted by molar-refractivity contribution is 6.42. The second-order valence-electron chi connectivity index (χ2n) is 8.92. The summed E-state index contributed by atoms with van der Waals surface area (Å²) in [6.45, 7) is 2.94. The molecule has 7 nitrogen and oxygen atoms in total. The third-order valence-electron chi connectivity index (χ3n) is 6.44. The van der Waals surface area contributed by atoms with E-state index in [1.807, 2.05) is 61.5 Å². The Hall–Kier alpha value is -3.81. The zero-order chi connectivity index (χ0) is 26.1. The van der Waals surface area contributed by atoms with E-state index < -0.39 is 0 Å². The Bertz CT molecular complexity index is 1540. The molecule has 1 aromatic heterocycles. The summed E-state index contributed by atoms with van der Waals surface area (Å²) in [5.41, 5.74) is 3.33. The van der Waals surface area contributed by atoms with Gasteiger partial charge in [-0.2, -0.15) is 0 Å². The average molecular weight is 535 g/mol. The molecule has 37 heavy (non-hydrogen) atoms. The van der Waals surface area contributed by atoms with Gasteiger partial charge in [0.15, 0.2) is 0 Å². The molecule has 1 aliphatic rings. The van der Waals surface area contributed by atoms with E-state index in [2.05, 4.69) is 5.32 Å². The number of aromatic nitrogens is 2. The van der Waals surface area contributed by atoms with Crippen molar-refractivity contribution in [2.75, 3.05) is 6.54 Å². The summed E-state index contributed by atoms with van der Waals surface area (Å²) in [5, 5.41) is 3.59. The highest BCUT2D eigenvalue weighted by Gasteiger charge is 2.32. The first-order chi connectivity index (χ1) is 17.8. The second-order valence-corrected chi connectivity index (χ2v) is 9.74. The fourth-order valence-corrected chi connectivity index (χ4v) is 4.77.